The molecule has 0 aliphatic carbocycles. The highest BCUT2D eigenvalue weighted by Gasteiger charge is 2.48. The topological polar surface area (TPSA) is 191 Å². The van der Waals surface area contributed by atoms with E-state index in [1.54, 1.807) is 42.5 Å². The first kappa shape index (κ1) is 29.5. The molecule has 1 aliphatic heterocycles. The van der Waals surface area contributed by atoms with E-state index in [2.05, 4.69) is 20.6 Å². The number of phenolic OH excluding ortho intramolecular Hbond substituents is 1. The number of methoxy groups -OCH3 is 1. The maximum atomic E-state index is 15.3. The maximum Gasteiger partial charge on any atom is 0.260 e. The number of benzene rings is 2. The number of rotatable bonds is 9. The minimum absolute atomic E-state index is 0.0312. The number of para-hydroxylation sites is 1. The number of nitrogens with one attached hydrogen (secondary N) is 1. The van der Waals surface area contributed by atoms with Crippen molar-refractivity contribution in [3.63, 3.8) is 0 Å². The highest BCUT2D eigenvalue weighted by Crippen LogP contribution is 2.30. The van der Waals surface area contributed by atoms with Crippen molar-refractivity contribution in [3.05, 3.63) is 83.9 Å². The van der Waals surface area contributed by atoms with E-state index in [4.69, 9.17) is 19.7 Å². The second-order valence-electron chi connectivity index (χ2n) is 10.4. The van der Waals surface area contributed by atoms with Crippen LogP contribution in [0.15, 0.2) is 71.5 Å². The number of carbonyl (C=O) groups is 2. The highest BCUT2D eigenvalue weighted by atomic mass is 19.1. The molecule has 2 atom stereocenters. The number of nitrogen functional groups attached to an aromatic ring is 1. The van der Waals surface area contributed by atoms with Gasteiger partial charge in [0.15, 0.2) is 29.1 Å². The molecule has 5 N–H and O–H groups in total. The van der Waals surface area contributed by atoms with Gasteiger partial charge in [0.05, 0.1) is 49.6 Å². The van der Waals surface area contributed by atoms with Crippen LogP contribution in [0.1, 0.15) is 15.9 Å². The number of fused-ring (bicyclic) bond motifs is 1. The van der Waals surface area contributed by atoms with Crippen molar-refractivity contribution >= 4 is 34.4 Å². The third-order valence-electron chi connectivity index (χ3n) is 7.46. The van der Waals surface area contributed by atoms with Crippen LogP contribution in [0.25, 0.3) is 16.7 Å². The molecule has 1 aliphatic rings. The third-order valence-corrected chi connectivity index (χ3v) is 7.46. The van der Waals surface area contributed by atoms with Gasteiger partial charge in [0.25, 0.3) is 11.8 Å². The second-order valence-corrected chi connectivity index (χ2v) is 10.4. The summed E-state index contributed by atoms with van der Waals surface area (Å²) >= 11 is 0. The Morgan fingerprint density at radius 2 is 2.07 bits per heavy atom. The summed E-state index contributed by atoms with van der Waals surface area (Å²) in [5, 5.41) is 33.4. The molecule has 2 amide bonds. The Hall–Kier alpha value is -5.54. The number of halogens is 1. The summed E-state index contributed by atoms with van der Waals surface area (Å²) < 4.78 is 32.7. The molecule has 15 heteroatoms. The zero-order valence-electron chi connectivity index (χ0n) is 23.9. The van der Waals surface area contributed by atoms with Gasteiger partial charge in [-0.25, -0.2) is 14.1 Å². The first-order chi connectivity index (χ1) is 21.7. The molecule has 0 bridgehead atoms. The SMILES string of the molecule is COc1cc(-n2cc(F)c(N3CCO[C@H](C(O)(CNC(=O)c4ccccc4O)Cc4ccc5c(N)noc5c4)C3=O)n2)ccn1. The minimum atomic E-state index is -2.06. The number of carbonyl (C=O) groups excluding carboxylic acids is 2. The molecule has 1 unspecified atom stereocenters. The van der Waals surface area contributed by atoms with Crippen molar-refractivity contribution in [2.24, 2.45) is 0 Å². The predicted octanol–water partition coefficient (Wildman–Crippen LogP) is 1.98. The number of ether oxygens (including phenoxy) is 2. The van der Waals surface area contributed by atoms with E-state index >= 15 is 4.39 Å². The number of phenols is 1. The third kappa shape index (κ3) is 5.73. The number of aromatic nitrogens is 4. The van der Waals surface area contributed by atoms with Crippen molar-refractivity contribution in [2.45, 2.75) is 18.1 Å². The van der Waals surface area contributed by atoms with Crippen LogP contribution in [0.2, 0.25) is 0 Å². The Balaban J connectivity index is 1.31. The monoisotopic (exact) mass is 617 g/mol. The van der Waals surface area contributed by atoms with Crippen LogP contribution in [0, 0.1) is 5.82 Å². The van der Waals surface area contributed by atoms with Gasteiger partial charge in [-0.05, 0) is 35.9 Å². The molecule has 4 heterocycles. The molecular formula is C30H28FN7O7. The molecule has 6 rings (SSSR count). The zero-order valence-corrected chi connectivity index (χ0v) is 23.9. The summed E-state index contributed by atoms with van der Waals surface area (Å²) in [4.78, 5) is 32.1. The summed E-state index contributed by atoms with van der Waals surface area (Å²) in [7, 11) is 1.44. The van der Waals surface area contributed by atoms with E-state index in [0.29, 0.717) is 22.2 Å². The Kier molecular flexibility index (Phi) is 7.78. The molecular weight excluding hydrogens is 589 g/mol. The number of amides is 2. The normalized spacial score (nSPS) is 16.5. The Morgan fingerprint density at radius 1 is 1.24 bits per heavy atom. The van der Waals surface area contributed by atoms with Crippen LogP contribution in [-0.4, -0.2) is 80.5 Å². The lowest BCUT2D eigenvalue weighted by atomic mass is 9.86. The van der Waals surface area contributed by atoms with Gasteiger partial charge in [0, 0.05) is 18.7 Å². The summed E-state index contributed by atoms with van der Waals surface area (Å²) in [5.41, 5.74) is 5.04. The minimum Gasteiger partial charge on any atom is -0.507 e. The van der Waals surface area contributed by atoms with E-state index in [9.17, 15) is 19.8 Å². The van der Waals surface area contributed by atoms with Crippen LogP contribution < -0.4 is 20.7 Å². The zero-order chi connectivity index (χ0) is 31.7. The van der Waals surface area contributed by atoms with Gasteiger partial charge in [0.1, 0.15) is 11.4 Å². The molecule has 1 fully saturated rings. The van der Waals surface area contributed by atoms with Gasteiger partial charge >= 0.3 is 0 Å². The van der Waals surface area contributed by atoms with Crippen LogP contribution in [0.4, 0.5) is 16.0 Å². The fraction of sp³-hybridized carbons (Fsp3) is 0.233. The van der Waals surface area contributed by atoms with Gasteiger partial charge in [-0.15, -0.1) is 5.10 Å². The molecule has 14 nitrogen and oxygen atoms in total. The van der Waals surface area contributed by atoms with Gasteiger partial charge < -0.3 is 35.3 Å². The number of pyridine rings is 1. The van der Waals surface area contributed by atoms with E-state index in [1.807, 2.05) is 0 Å². The molecule has 232 valence electrons. The van der Waals surface area contributed by atoms with Gasteiger partial charge in [-0.2, -0.15) is 0 Å². The fourth-order valence-corrected chi connectivity index (χ4v) is 5.20. The van der Waals surface area contributed by atoms with Gasteiger partial charge in [0.2, 0.25) is 5.88 Å². The number of morpholine rings is 1. The number of aliphatic hydroxyl groups is 1. The standard InChI is InChI=1S/C30H28FN7O7/c1-43-24-13-18(8-9-33-24)38-15-21(31)27(35-38)37-10-11-44-25(29(37)41)30(42,16-34-28(40)19-4-2-3-5-22(19)39)14-17-6-7-20-23(12-17)45-36-26(20)32/h2-9,12-13,15,25,39,42H,10-11,14,16H2,1H3,(H2,32,36)(H,34,40)/t25-,30?/m0/s1. The summed E-state index contributed by atoms with van der Waals surface area (Å²) in [6.07, 6.45) is 0.816. The number of aromatic hydroxyl groups is 1. The lowest BCUT2D eigenvalue weighted by Gasteiger charge is -2.40. The fourth-order valence-electron chi connectivity index (χ4n) is 5.20. The lowest BCUT2D eigenvalue weighted by Crippen LogP contribution is -2.63. The molecule has 1 saturated heterocycles. The summed E-state index contributed by atoms with van der Waals surface area (Å²) in [5.74, 6) is -2.32. The number of anilines is 2. The Bertz CT molecular complexity index is 1890. The maximum absolute atomic E-state index is 15.3. The largest absolute Gasteiger partial charge is 0.507 e. The average Bonchev–Trinajstić information content (AvgIpc) is 3.62. The smallest absolute Gasteiger partial charge is 0.260 e. The van der Waals surface area contributed by atoms with Crippen LogP contribution >= 0.6 is 0 Å². The summed E-state index contributed by atoms with van der Waals surface area (Å²) in [6, 6.07) is 13.9. The van der Waals surface area contributed by atoms with Crippen molar-refractivity contribution in [3.8, 4) is 17.3 Å². The quantitative estimate of drug-likeness (QED) is 0.189. The number of nitrogens with zero attached hydrogens (tertiary/aromatic N) is 5. The Labute approximate surface area is 254 Å². The average molecular weight is 618 g/mol. The van der Waals surface area contributed by atoms with E-state index in [-0.39, 0.29) is 48.4 Å². The second kappa shape index (κ2) is 11.9. The van der Waals surface area contributed by atoms with Gasteiger partial charge in [-0.1, -0.05) is 23.4 Å². The lowest BCUT2D eigenvalue weighted by molar-refractivity contribution is -0.157. The van der Waals surface area contributed by atoms with Crippen molar-refractivity contribution in [1.29, 1.82) is 0 Å². The summed E-state index contributed by atoms with van der Waals surface area (Å²) in [6.45, 7) is -0.597. The van der Waals surface area contributed by atoms with Crippen molar-refractivity contribution in [1.82, 2.24) is 25.2 Å². The predicted molar refractivity (Wildman–Crippen MR) is 157 cm³/mol. The molecule has 2 aromatic carbocycles. The molecule has 0 saturated carbocycles. The first-order valence-electron chi connectivity index (χ1n) is 13.8. The van der Waals surface area contributed by atoms with Crippen molar-refractivity contribution in [2.75, 3.05) is 37.4 Å². The van der Waals surface area contributed by atoms with Crippen LogP contribution in [0.3, 0.4) is 0 Å². The Morgan fingerprint density at radius 3 is 2.87 bits per heavy atom. The molecule has 5 aromatic rings. The van der Waals surface area contributed by atoms with Gasteiger partial charge in [-0.3, -0.25) is 14.5 Å². The van der Waals surface area contributed by atoms with E-state index in [1.165, 1.54) is 30.1 Å². The highest BCUT2D eigenvalue weighted by molar-refractivity contribution is 5.98. The molecule has 45 heavy (non-hydrogen) atoms. The van der Waals surface area contributed by atoms with Crippen molar-refractivity contribution < 1.29 is 38.2 Å². The number of nitrogens with two attached hydrogens (primary N) is 1. The molecule has 0 radical (unpaired) electrons. The van der Waals surface area contributed by atoms with Crippen LogP contribution in [0.5, 0.6) is 11.6 Å². The molecule has 0 spiro atoms. The van der Waals surface area contributed by atoms with E-state index in [0.717, 1.165) is 11.1 Å². The number of hydrogen-bond acceptors (Lipinski definition) is 11. The molecule has 3 aromatic heterocycles. The first-order valence-corrected chi connectivity index (χ1v) is 13.8. The van der Waals surface area contributed by atoms with Crippen LogP contribution in [-0.2, 0) is 16.0 Å². The van der Waals surface area contributed by atoms with E-state index < -0.39 is 35.9 Å². The number of hydrogen-bond donors (Lipinski definition) is 4.